The van der Waals surface area contributed by atoms with Crippen molar-refractivity contribution in [3.05, 3.63) is 99.4 Å². The van der Waals surface area contributed by atoms with Gasteiger partial charge in [-0.3, -0.25) is 14.6 Å². The SMILES string of the molecule is O=C(NCCC1CCN(c2ccncc2)CC1)c1cc(NC(=O)c2ccccc2Cl)n(-c2ccc(Cl)c(Cl)c2)n1. The molecule has 0 radical (unpaired) electrons. The van der Waals surface area contributed by atoms with Gasteiger partial charge in [0, 0.05) is 43.8 Å². The number of carbonyl (C=O) groups excluding carboxylic acids is 2. The molecule has 206 valence electrons. The van der Waals surface area contributed by atoms with Gasteiger partial charge in [-0.15, -0.1) is 0 Å². The summed E-state index contributed by atoms with van der Waals surface area (Å²) < 4.78 is 1.45. The third-order valence-corrected chi connectivity index (χ3v) is 8.00. The number of pyridine rings is 1. The minimum Gasteiger partial charge on any atom is -0.371 e. The second kappa shape index (κ2) is 12.7. The molecule has 0 unspecified atom stereocenters. The van der Waals surface area contributed by atoms with Crippen molar-refractivity contribution in [2.24, 2.45) is 5.92 Å². The molecule has 5 rings (SSSR count). The van der Waals surface area contributed by atoms with Gasteiger partial charge in [0.15, 0.2) is 5.69 Å². The van der Waals surface area contributed by atoms with Gasteiger partial charge in [-0.1, -0.05) is 46.9 Å². The summed E-state index contributed by atoms with van der Waals surface area (Å²) in [6.45, 7) is 2.48. The monoisotopic (exact) mass is 596 g/mol. The van der Waals surface area contributed by atoms with Gasteiger partial charge in [0.25, 0.3) is 11.8 Å². The standard InChI is InChI=1S/C29H27Cl3N6O2/c30-23-4-2-1-3-22(23)28(39)35-27-18-26(36-38(27)21-5-6-24(31)25(32)17-21)29(40)34-14-7-19-10-15-37(16-11-19)20-8-12-33-13-9-20/h1-6,8-9,12-13,17-19H,7,10-11,14-16H2,(H,34,40)(H,35,39). The van der Waals surface area contributed by atoms with Crippen LogP contribution in [-0.4, -0.2) is 46.2 Å². The lowest BCUT2D eigenvalue weighted by Gasteiger charge is -2.33. The number of nitrogens with one attached hydrogen (secondary N) is 2. The van der Waals surface area contributed by atoms with E-state index in [4.69, 9.17) is 34.8 Å². The largest absolute Gasteiger partial charge is 0.371 e. The Morgan fingerprint density at radius 2 is 1.60 bits per heavy atom. The number of rotatable bonds is 8. The van der Waals surface area contributed by atoms with Gasteiger partial charge in [-0.05, 0) is 67.6 Å². The molecule has 0 saturated carbocycles. The molecule has 0 atom stereocenters. The number of aromatic nitrogens is 3. The molecule has 2 N–H and O–H groups in total. The normalized spacial score (nSPS) is 13.7. The fourth-order valence-electron chi connectivity index (χ4n) is 4.74. The lowest BCUT2D eigenvalue weighted by molar-refractivity contribution is 0.0944. The Kier molecular flexibility index (Phi) is 8.89. The van der Waals surface area contributed by atoms with Crippen LogP contribution in [0, 0.1) is 5.92 Å². The topological polar surface area (TPSA) is 92.2 Å². The van der Waals surface area contributed by atoms with Crippen molar-refractivity contribution < 1.29 is 9.59 Å². The van der Waals surface area contributed by atoms with E-state index in [-0.39, 0.29) is 17.4 Å². The van der Waals surface area contributed by atoms with Gasteiger partial charge < -0.3 is 15.5 Å². The van der Waals surface area contributed by atoms with Gasteiger partial charge >= 0.3 is 0 Å². The van der Waals surface area contributed by atoms with E-state index in [2.05, 4.69) is 25.6 Å². The molecule has 1 saturated heterocycles. The summed E-state index contributed by atoms with van der Waals surface area (Å²) in [7, 11) is 0. The molecule has 4 aromatic rings. The van der Waals surface area contributed by atoms with Crippen molar-refractivity contribution in [2.75, 3.05) is 29.9 Å². The molecule has 1 fully saturated rings. The van der Waals surface area contributed by atoms with E-state index < -0.39 is 5.91 Å². The second-order valence-electron chi connectivity index (χ2n) is 9.54. The number of anilines is 2. The first-order chi connectivity index (χ1) is 19.4. The van der Waals surface area contributed by atoms with Crippen LogP contribution >= 0.6 is 34.8 Å². The molecule has 1 aliphatic heterocycles. The van der Waals surface area contributed by atoms with Crippen LogP contribution in [0.15, 0.2) is 73.1 Å². The first-order valence-electron chi connectivity index (χ1n) is 12.9. The average Bonchev–Trinajstić information content (AvgIpc) is 3.39. The molecule has 1 aliphatic rings. The zero-order valence-electron chi connectivity index (χ0n) is 21.5. The maximum atomic E-state index is 13.1. The Labute approximate surface area is 247 Å². The predicted octanol–water partition coefficient (Wildman–Crippen LogP) is 6.52. The molecular formula is C29H27Cl3N6O2. The molecule has 0 spiro atoms. The van der Waals surface area contributed by atoms with E-state index in [1.54, 1.807) is 42.5 Å². The Morgan fingerprint density at radius 3 is 2.33 bits per heavy atom. The number of carbonyl (C=O) groups is 2. The molecule has 2 amide bonds. The summed E-state index contributed by atoms with van der Waals surface area (Å²) in [6.07, 6.45) is 6.62. The highest BCUT2D eigenvalue weighted by Gasteiger charge is 2.22. The summed E-state index contributed by atoms with van der Waals surface area (Å²) in [5, 5.41) is 11.3. The highest BCUT2D eigenvalue weighted by molar-refractivity contribution is 6.42. The second-order valence-corrected chi connectivity index (χ2v) is 10.8. The summed E-state index contributed by atoms with van der Waals surface area (Å²) in [6, 6.07) is 17.2. The maximum Gasteiger partial charge on any atom is 0.271 e. The molecule has 11 heteroatoms. The van der Waals surface area contributed by atoms with Crippen molar-refractivity contribution in [3.8, 4) is 5.69 Å². The van der Waals surface area contributed by atoms with Crippen molar-refractivity contribution in [2.45, 2.75) is 19.3 Å². The van der Waals surface area contributed by atoms with E-state index in [0.29, 0.717) is 38.8 Å². The van der Waals surface area contributed by atoms with E-state index >= 15 is 0 Å². The lowest BCUT2D eigenvalue weighted by Crippen LogP contribution is -2.35. The minimum atomic E-state index is -0.433. The van der Waals surface area contributed by atoms with Crippen LogP contribution in [0.2, 0.25) is 15.1 Å². The average molecular weight is 598 g/mol. The smallest absolute Gasteiger partial charge is 0.271 e. The van der Waals surface area contributed by atoms with Crippen LogP contribution < -0.4 is 15.5 Å². The molecular weight excluding hydrogens is 571 g/mol. The summed E-state index contributed by atoms with van der Waals surface area (Å²) in [5.41, 5.74) is 2.18. The first-order valence-corrected chi connectivity index (χ1v) is 14.1. The van der Waals surface area contributed by atoms with Gasteiger partial charge in [-0.2, -0.15) is 5.10 Å². The van der Waals surface area contributed by atoms with Crippen molar-refractivity contribution in [3.63, 3.8) is 0 Å². The molecule has 2 aromatic carbocycles. The molecule has 2 aromatic heterocycles. The van der Waals surface area contributed by atoms with Gasteiger partial charge in [-0.25, -0.2) is 4.68 Å². The number of hydrogen-bond acceptors (Lipinski definition) is 5. The van der Waals surface area contributed by atoms with Crippen LogP contribution in [0.5, 0.6) is 0 Å². The van der Waals surface area contributed by atoms with E-state index in [1.807, 2.05) is 24.5 Å². The molecule has 8 nitrogen and oxygen atoms in total. The zero-order valence-corrected chi connectivity index (χ0v) is 23.8. The van der Waals surface area contributed by atoms with Gasteiger partial charge in [0.05, 0.1) is 26.3 Å². The minimum absolute atomic E-state index is 0.160. The van der Waals surface area contributed by atoms with Crippen molar-refractivity contribution >= 4 is 58.1 Å². The third-order valence-electron chi connectivity index (χ3n) is 6.93. The third kappa shape index (κ3) is 6.58. The van der Waals surface area contributed by atoms with E-state index in [0.717, 1.165) is 32.4 Å². The predicted molar refractivity (Wildman–Crippen MR) is 159 cm³/mol. The Balaban J connectivity index is 1.25. The highest BCUT2D eigenvalue weighted by atomic mass is 35.5. The molecule has 0 aliphatic carbocycles. The van der Waals surface area contributed by atoms with E-state index in [9.17, 15) is 9.59 Å². The highest BCUT2D eigenvalue weighted by Crippen LogP contribution is 2.28. The van der Waals surface area contributed by atoms with Crippen molar-refractivity contribution in [1.82, 2.24) is 20.1 Å². The molecule has 40 heavy (non-hydrogen) atoms. The van der Waals surface area contributed by atoms with Gasteiger partial charge in [0.2, 0.25) is 0 Å². The maximum absolute atomic E-state index is 13.1. The first kappa shape index (κ1) is 28.0. The number of nitrogens with zero attached hydrogens (tertiary/aromatic N) is 4. The summed E-state index contributed by atoms with van der Waals surface area (Å²) in [5.74, 6) is 0.0488. The molecule has 3 heterocycles. The number of piperidine rings is 1. The van der Waals surface area contributed by atoms with Crippen LogP contribution in [0.1, 0.15) is 40.1 Å². The van der Waals surface area contributed by atoms with E-state index in [1.165, 1.54) is 16.4 Å². The Morgan fingerprint density at radius 1 is 0.850 bits per heavy atom. The number of benzene rings is 2. The van der Waals surface area contributed by atoms with Crippen LogP contribution in [-0.2, 0) is 0 Å². The number of halogens is 3. The van der Waals surface area contributed by atoms with Crippen LogP contribution in [0.4, 0.5) is 11.5 Å². The Hall–Kier alpha value is -3.59. The van der Waals surface area contributed by atoms with Crippen molar-refractivity contribution in [1.29, 1.82) is 0 Å². The van der Waals surface area contributed by atoms with Gasteiger partial charge in [0.1, 0.15) is 5.82 Å². The Bertz CT molecular complexity index is 1500. The summed E-state index contributed by atoms with van der Waals surface area (Å²) in [4.78, 5) is 32.5. The summed E-state index contributed by atoms with van der Waals surface area (Å²) >= 11 is 18.5. The quantitative estimate of drug-likeness (QED) is 0.241. The molecule has 0 bridgehead atoms. The zero-order chi connectivity index (χ0) is 28.1. The van der Waals surface area contributed by atoms with Crippen LogP contribution in [0.25, 0.3) is 5.69 Å². The fourth-order valence-corrected chi connectivity index (χ4v) is 5.25. The lowest BCUT2D eigenvalue weighted by atomic mass is 9.93. The number of hydrogen-bond donors (Lipinski definition) is 2. The fraction of sp³-hybridized carbons (Fsp3) is 0.241. The van der Waals surface area contributed by atoms with Crippen LogP contribution in [0.3, 0.4) is 0 Å². The number of amides is 2.